The van der Waals surface area contributed by atoms with Crippen molar-refractivity contribution in [2.75, 3.05) is 19.7 Å². The molecule has 0 atom stereocenters. The molecule has 9 heteroatoms. The summed E-state index contributed by atoms with van der Waals surface area (Å²) in [5, 5.41) is 0. The van der Waals surface area contributed by atoms with Crippen LogP contribution in [0.5, 0.6) is 5.75 Å². The zero-order valence-corrected chi connectivity index (χ0v) is 20.5. The van der Waals surface area contributed by atoms with Crippen LogP contribution in [0.3, 0.4) is 0 Å². The number of amides is 1. The number of aryl methyl sites for hydroxylation is 1. The van der Waals surface area contributed by atoms with Crippen LogP contribution in [-0.4, -0.2) is 42.9 Å². The molecule has 0 aliphatic rings. The highest BCUT2D eigenvalue weighted by Gasteiger charge is 2.21. The molecule has 0 unspecified atom stereocenters. The predicted octanol–water partition coefficient (Wildman–Crippen LogP) is 4.28. The van der Waals surface area contributed by atoms with Gasteiger partial charge in [0, 0.05) is 25.2 Å². The summed E-state index contributed by atoms with van der Waals surface area (Å²) in [6.45, 7) is 9.71. The zero-order chi connectivity index (χ0) is 23.3. The average Bonchev–Trinajstić information content (AvgIpc) is 3.11. The van der Waals surface area contributed by atoms with Gasteiger partial charge in [0.25, 0.3) is 5.91 Å². The lowest BCUT2D eigenvalue weighted by Crippen LogP contribution is -2.30. The molecule has 0 N–H and O–H groups in total. The second-order valence-corrected chi connectivity index (χ2v) is 10.1. The van der Waals surface area contributed by atoms with Crippen molar-refractivity contribution in [3.8, 4) is 5.75 Å². The third-order valence-electron chi connectivity index (χ3n) is 5.05. The summed E-state index contributed by atoms with van der Waals surface area (Å²) in [6.07, 6.45) is 0.901. The first-order chi connectivity index (χ1) is 15.3. The van der Waals surface area contributed by atoms with Crippen LogP contribution in [0.1, 0.15) is 44.5 Å². The van der Waals surface area contributed by atoms with Gasteiger partial charge in [-0.25, -0.2) is 8.42 Å². The van der Waals surface area contributed by atoms with Crippen molar-refractivity contribution in [1.82, 2.24) is 8.87 Å². The van der Waals surface area contributed by atoms with E-state index < -0.39 is 15.9 Å². The molecule has 7 nitrogen and oxygen atoms in total. The Morgan fingerprint density at radius 1 is 1.06 bits per heavy atom. The molecule has 0 aliphatic carbocycles. The molecule has 0 spiro atoms. The van der Waals surface area contributed by atoms with Crippen LogP contribution in [0.25, 0.3) is 10.2 Å². The first-order valence-corrected chi connectivity index (χ1v) is 13.1. The van der Waals surface area contributed by atoms with E-state index in [1.54, 1.807) is 13.8 Å². The lowest BCUT2D eigenvalue weighted by atomic mass is 10.2. The molecule has 172 valence electrons. The maximum absolute atomic E-state index is 12.9. The van der Waals surface area contributed by atoms with E-state index >= 15 is 0 Å². The third kappa shape index (κ3) is 4.95. The average molecular weight is 476 g/mol. The van der Waals surface area contributed by atoms with Crippen molar-refractivity contribution in [2.45, 2.75) is 45.6 Å². The minimum Gasteiger partial charge on any atom is -0.494 e. The molecule has 0 saturated carbocycles. The van der Waals surface area contributed by atoms with E-state index in [-0.39, 0.29) is 4.90 Å². The normalized spacial score (nSPS) is 12.6. The topological polar surface area (TPSA) is 81.0 Å². The Labute approximate surface area is 193 Å². The molecule has 0 aliphatic heterocycles. The highest BCUT2D eigenvalue weighted by Crippen LogP contribution is 2.24. The van der Waals surface area contributed by atoms with Crippen molar-refractivity contribution in [2.24, 2.45) is 4.99 Å². The number of carbonyl (C=O) groups excluding carboxylic acids is 1. The molecule has 32 heavy (non-hydrogen) atoms. The van der Waals surface area contributed by atoms with Crippen molar-refractivity contribution in [3.63, 3.8) is 0 Å². The van der Waals surface area contributed by atoms with E-state index in [1.807, 2.05) is 29.7 Å². The Bertz CT molecular complexity index is 1250. The summed E-state index contributed by atoms with van der Waals surface area (Å²) in [5.41, 5.74) is 1.35. The van der Waals surface area contributed by atoms with Crippen LogP contribution in [-0.2, 0) is 16.6 Å². The smallest absolute Gasteiger partial charge is 0.279 e. The zero-order valence-electron chi connectivity index (χ0n) is 18.9. The van der Waals surface area contributed by atoms with Gasteiger partial charge in [0.05, 0.1) is 21.7 Å². The molecule has 0 bridgehead atoms. The maximum atomic E-state index is 12.9. The highest BCUT2D eigenvalue weighted by molar-refractivity contribution is 7.89. The number of benzene rings is 2. The van der Waals surface area contributed by atoms with Crippen molar-refractivity contribution in [1.29, 1.82) is 0 Å². The van der Waals surface area contributed by atoms with Gasteiger partial charge >= 0.3 is 0 Å². The molecule has 0 radical (unpaired) electrons. The summed E-state index contributed by atoms with van der Waals surface area (Å²) < 4.78 is 35.3. The summed E-state index contributed by atoms with van der Waals surface area (Å²) >= 11 is 1.44. The van der Waals surface area contributed by atoms with Gasteiger partial charge in [-0.15, -0.1) is 0 Å². The monoisotopic (exact) mass is 475 g/mol. The number of hydrogen-bond acceptors (Lipinski definition) is 5. The fourth-order valence-corrected chi connectivity index (χ4v) is 6.01. The van der Waals surface area contributed by atoms with E-state index in [1.165, 1.54) is 39.9 Å². The van der Waals surface area contributed by atoms with Crippen molar-refractivity contribution in [3.05, 3.63) is 52.8 Å². The first-order valence-electron chi connectivity index (χ1n) is 10.8. The quantitative estimate of drug-likeness (QED) is 0.463. The fourth-order valence-electron chi connectivity index (χ4n) is 3.47. The molecular formula is C23H29N3O4S2. The molecule has 1 amide bonds. The molecule has 0 fully saturated rings. The summed E-state index contributed by atoms with van der Waals surface area (Å²) in [5.74, 6) is 0.381. The molecule has 1 heterocycles. The van der Waals surface area contributed by atoms with Crippen LogP contribution in [0.15, 0.2) is 52.4 Å². The number of nitrogens with zero attached hydrogens (tertiary/aromatic N) is 3. The largest absolute Gasteiger partial charge is 0.494 e. The SMILES string of the molecule is CCCn1c(=NC(=O)c2ccc(S(=O)(=O)N(CC)CC)cc2)sc2cc(OCC)ccc21. The highest BCUT2D eigenvalue weighted by atomic mass is 32.2. The lowest BCUT2D eigenvalue weighted by molar-refractivity contribution is 0.0997. The fraction of sp³-hybridized carbons (Fsp3) is 0.391. The van der Waals surface area contributed by atoms with E-state index in [2.05, 4.69) is 11.9 Å². The number of sulfonamides is 1. The van der Waals surface area contributed by atoms with Gasteiger partial charge in [0.1, 0.15) is 5.75 Å². The number of carbonyl (C=O) groups is 1. The van der Waals surface area contributed by atoms with Gasteiger partial charge in [-0.2, -0.15) is 9.30 Å². The van der Waals surface area contributed by atoms with Crippen LogP contribution in [0.2, 0.25) is 0 Å². The number of fused-ring (bicyclic) bond motifs is 1. The molecule has 1 aromatic heterocycles. The summed E-state index contributed by atoms with van der Waals surface area (Å²) in [4.78, 5) is 18.0. The van der Waals surface area contributed by atoms with Gasteiger partial charge in [-0.3, -0.25) is 4.79 Å². The Morgan fingerprint density at radius 3 is 2.34 bits per heavy atom. The van der Waals surface area contributed by atoms with E-state index in [0.717, 1.165) is 28.9 Å². The Kier molecular flexibility index (Phi) is 7.86. The molecule has 2 aromatic carbocycles. The minimum atomic E-state index is -3.57. The minimum absolute atomic E-state index is 0.170. The van der Waals surface area contributed by atoms with Gasteiger partial charge in [0.2, 0.25) is 10.0 Å². The lowest BCUT2D eigenvalue weighted by Gasteiger charge is -2.18. The van der Waals surface area contributed by atoms with Crippen LogP contribution >= 0.6 is 11.3 Å². The number of thiazole rings is 1. The molecule has 0 saturated heterocycles. The van der Waals surface area contributed by atoms with Crippen molar-refractivity contribution < 1.29 is 17.9 Å². The second-order valence-electron chi connectivity index (χ2n) is 7.13. The summed E-state index contributed by atoms with van der Waals surface area (Å²) in [7, 11) is -3.57. The standard InChI is InChI=1S/C23H29N3O4S2/c1-5-15-26-20-14-11-18(30-8-4)16-21(20)31-23(26)24-22(27)17-9-12-19(13-10-17)32(28,29)25(6-2)7-3/h9-14,16H,5-8,15H2,1-4H3. The first kappa shape index (κ1) is 24.2. The van der Waals surface area contributed by atoms with E-state index in [4.69, 9.17) is 4.74 Å². The Balaban J connectivity index is 1.97. The number of hydrogen-bond donors (Lipinski definition) is 0. The number of ether oxygens (including phenoxy) is 1. The summed E-state index contributed by atoms with van der Waals surface area (Å²) in [6, 6.07) is 11.9. The number of rotatable bonds is 9. The van der Waals surface area contributed by atoms with Gasteiger partial charge in [-0.1, -0.05) is 32.1 Å². The van der Waals surface area contributed by atoms with E-state index in [9.17, 15) is 13.2 Å². The Morgan fingerprint density at radius 2 is 1.75 bits per heavy atom. The van der Waals surface area contributed by atoms with Crippen LogP contribution in [0.4, 0.5) is 0 Å². The molecular weight excluding hydrogens is 446 g/mol. The molecule has 3 rings (SSSR count). The van der Waals surface area contributed by atoms with Crippen LogP contribution < -0.4 is 9.54 Å². The Hall–Kier alpha value is -2.49. The third-order valence-corrected chi connectivity index (χ3v) is 8.16. The van der Waals surface area contributed by atoms with E-state index in [0.29, 0.717) is 30.1 Å². The predicted molar refractivity (Wildman–Crippen MR) is 128 cm³/mol. The molecule has 3 aromatic rings. The number of aromatic nitrogens is 1. The van der Waals surface area contributed by atoms with Gasteiger partial charge in [-0.05, 0) is 55.8 Å². The van der Waals surface area contributed by atoms with Gasteiger partial charge in [0.15, 0.2) is 4.80 Å². The maximum Gasteiger partial charge on any atom is 0.279 e. The van der Waals surface area contributed by atoms with Crippen LogP contribution in [0, 0.1) is 0 Å². The second kappa shape index (κ2) is 10.4. The van der Waals surface area contributed by atoms with Gasteiger partial charge < -0.3 is 9.30 Å². The van der Waals surface area contributed by atoms with Crippen molar-refractivity contribution >= 4 is 37.5 Å².